The molecule has 2 N–H and O–H groups in total. The zero-order valence-corrected chi connectivity index (χ0v) is 16.6. The van der Waals surface area contributed by atoms with E-state index in [9.17, 15) is 0 Å². The van der Waals surface area contributed by atoms with E-state index in [1.54, 1.807) is 18.8 Å². The summed E-state index contributed by atoms with van der Waals surface area (Å²) in [5, 5.41) is 6.53. The van der Waals surface area contributed by atoms with Gasteiger partial charge in [-0.1, -0.05) is 42.1 Å². The number of nitrogens with zero attached hydrogens (tertiary/aromatic N) is 2. The normalized spacial score (nSPS) is 11.4. The fourth-order valence-corrected chi connectivity index (χ4v) is 3.32. The smallest absolute Gasteiger partial charge is 0.214 e. The lowest BCUT2D eigenvalue weighted by Gasteiger charge is -2.11. The van der Waals surface area contributed by atoms with Gasteiger partial charge in [-0.3, -0.25) is 4.99 Å². The number of aromatic nitrogens is 1. The topological polar surface area (TPSA) is 62.5 Å². The van der Waals surface area contributed by atoms with Gasteiger partial charge in [-0.25, -0.2) is 4.98 Å². The number of rotatable bonds is 6. The third-order valence-corrected chi connectivity index (χ3v) is 5.08. The molecule has 27 heavy (non-hydrogen) atoms. The Kier molecular flexibility index (Phi) is 6.54. The fraction of sp³-hybridized carbons (Fsp3) is 0.238. The molecule has 140 valence electrons. The van der Waals surface area contributed by atoms with Crippen LogP contribution < -0.4 is 10.6 Å². The maximum atomic E-state index is 5.58. The Hall–Kier alpha value is -2.73. The molecule has 0 saturated heterocycles. The number of hydrogen-bond donors (Lipinski definition) is 2. The van der Waals surface area contributed by atoms with E-state index in [1.165, 1.54) is 15.4 Å². The Labute approximate surface area is 164 Å². The van der Waals surface area contributed by atoms with Crippen LogP contribution in [-0.2, 0) is 13.1 Å². The highest BCUT2D eigenvalue weighted by molar-refractivity contribution is 7.99. The zero-order valence-electron chi connectivity index (χ0n) is 15.8. The van der Waals surface area contributed by atoms with Crippen molar-refractivity contribution in [2.45, 2.75) is 36.7 Å². The van der Waals surface area contributed by atoms with Crippen molar-refractivity contribution in [1.29, 1.82) is 0 Å². The number of nitrogens with one attached hydrogen (secondary N) is 2. The van der Waals surface area contributed by atoms with Gasteiger partial charge in [0.05, 0.1) is 12.2 Å². The highest BCUT2D eigenvalue weighted by atomic mass is 32.2. The maximum Gasteiger partial charge on any atom is 0.214 e. The third kappa shape index (κ3) is 5.62. The van der Waals surface area contributed by atoms with Crippen molar-refractivity contribution in [3.8, 4) is 0 Å². The number of aryl methyl sites for hydroxylation is 2. The molecule has 6 heteroatoms. The third-order valence-electron chi connectivity index (χ3n) is 4.07. The van der Waals surface area contributed by atoms with Crippen molar-refractivity contribution in [1.82, 2.24) is 15.6 Å². The van der Waals surface area contributed by atoms with E-state index in [1.807, 2.05) is 19.9 Å². The second kappa shape index (κ2) is 9.28. The summed E-state index contributed by atoms with van der Waals surface area (Å²) in [6, 6.07) is 18.9. The second-order valence-electron chi connectivity index (χ2n) is 6.09. The van der Waals surface area contributed by atoms with Gasteiger partial charge in [-0.15, -0.1) is 0 Å². The molecule has 0 bridgehead atoms. The SMILES string of the molecule is CN=C(NCc1ccc(Sc2ccccc2)cc1)NCc1nc(C)c(C)o1. The molecule has 0 fully saturated rings. The molecule has 0 radical (unpaired) electrons. The van der Waals surface area contributed by atoms with Gasteiger partial charge >= 0.3 is 0 Å². The average Bonchev–Trinajstić information content (AvgIpc) is 3.01. The van der Waals surface area contributed by atoms with Crippen molar-refractivity contribution in [3.63, 3.8) is 0 Å². The van der Waals surface area contributed by atoms with Gasteiger partial charge in [0.15, 0.2) is 5.96 Å². The van der Waals surface area contributed by atoms with Crippen LogP contribution in [0.4, 0.5) is 0 Å². The van der Waals surface area contributed by atoms with Crippen molar-refractivity contribution >= 4 is 17.7 Å². The van der Waals surface area contributed by atoms with Gasteiger partial charge < -0.3 is 15.1 Å². The van der Waals surface area contributed by atoms with Gasteiger partial charge in [0, 0.05) is 23.4 Å². The second-order valence-corrected chi connectivity index (χ2v) is 7.23. The molecule has 0 unspecified atom stereocenters. The molecule has 0 amide bonds. The quantitative estimate of drug-likeness (QED) is 0.493. The fourth-order valence-electron chi connectivity index (χ4n) is 2.48. The van der Waals surface area contributed by atoms with Crippen molar-refractivity contribution < 1.29 is 4.42 Å². The van der Waals surface area contributed by atoms with E-state index >= 15 is 0 Å². The number of guanidine groups is 1. The largest absolute Gasteiger partial charge is 0.444 e. The van der Waals surface area contributed by atoms with Crippen LogP contribution in [0, 0.1) is 13.8 Å². The van der Waals surface area contributed by atoms with E-state index in [-0.39, 0.29) is 0 Å². The number of benzene rings is 2. The Balaban J connectivity index is 1.49. The first-order chi connectivity index (χ1) is 13.1. The van der Waals surface area contributed by atoms with E-state index in [4.69, 9.17) is 4.42 Å². The molecule has 0 aliphatic heterocycles. The summed E-state index contributed by atoms with van der Waals surface area (Å²) in [7, 11) is 1.75. The molecule has 0 aliphatic rings. The molecule has 5 nitrogen and oxygen atoms in total. The summed E-state index contributed by atoms with van der Waals surface area (Å²) in [4.78, 5) is 11.1. The first kappa shape index (κ1) is 19.0. The summed E-state index contributed by atoms with van der Waals surface area (Å²) in [6.07, 6.45) is 0. The molecular weight excluding hydrogens is 356 g/mol. The molecule has 2 aromatic carbocycles. The number of hydrogen-bond acceptors (Lipinski definition) is 4. The van der Waals surface area contributed by atoms with E-state index in [2.05, 4.69) is 69.1 Å². The van der Waals surface area contributed by atoms with E-state index < -0.39 is 0 Å². The average molecular weight is 381 g/mol. The summed E-state index contributed by atoms with van der Waals surface area (Å²) < 4.78 is 5.58. The van der Waals surface area contributed by atoms with Crippen LogP contribution in [0.25, 0.3) is 0 Å². The van der Waals surface area contributed by atoms with Gasteiger partial charge in [0.25, 0.3) is 0 Å². The summed E-state index contributed by atoms with van der Waals surface area (Å²) in [5.74, 6) is 2.23. The summed E-state index contributed by atoms with van der Waals surface area (Å²) in [6.45, 7) is 5.05. The van der Waals surface area contributed by atoms with E-state index in [0.29, 0.717) is 24.9 Å². The van der Waals surface area contributed by atoms with Crippen LogP contribution in [0.3, 0.4) is 0 Å². The Morgan fingerprint density at radius 3 is 2.26 bits per heavy atom. The molecule has 0 saturated carbocycles. The lowest BCUT2D eigenvalue weighted by atomic mass is 10.2. The van der Waals surface area contributed by atoms with Crippen LogP contribution in [0.15, 0.2) is 73.8 Å². The summed E-state index contributed by atoms with van der Waals surface area (Å²) >= 11 is 1.76. The highest BCUT2D eigenvalue weighted by Crippen LogP contribution is 2.27. The van der Waals surface area contributed by atoms with Gasteiger partial charge in [-0.05, 0) is 43.7 Å². The molecule has 1 aromatic heterocycles. The van der Waals surface area contributed by atoms with Gasteiger partial charge in [0.2, 0.25) is 5.89 Å². The number of oxazole rings is 1. The van der Waals surface area contributed by atoms with Crippen LogP contribution >= 0.6 is 11.8 Å². The molecule has 3 aromatic rings. The minimum Gasteiger partial charge on any atom is -0.444 e. The predicted molar refractivity (Wildman–Crippen MR) is 110 cm³/mol. The Morgan fingerprint density at radius 2 is 1.63 bits per heavy atom. The molecule has 0 atom stereocenters. The molecule has 1 heterocycles. The number of aliphatic imine (C=N–C) groups is 1. The van der Waals surface area contributed by atoms with Gasteiger partial charge in [-0.2, -0.15) is 0 Å². The van der Waals surface area contributed by atoms with Crippen LogP contribution in [0.2, 0.25) is 0 Å². The molecule has 0 aliphatic carbocycles. The predicted octanol–water partition coefficient (Wildman–Crippen LogP) is 4.31. The lowest BCUT2D eigenvalue weighted by molar-refractivity contribution is 0.463. The van der Waals surface area contributed by atoms with Crippen molar-refractivity contribution in [2.75, 3.05) is 7.05 Å². The van der Waals surface area contributed by atoms with Crippen LogP contribution in [-0.4, -0.2) is 18.0 Å². The monoisotopic (exact) mass is 380 g/mol. The van der Waals surface area contributed by atoms with Crippen LogP contribution in [0.5, 0.6) is 0 Å². The standard InChI is InChI=1S/C21H24N4OS/c1-15-16(2)26-20(25-15)14-24-21(22-3)23-13-17-9-11-19(12-10-17)27-18-7-5-4-6-8-18/h4-12H,13-14H2,1-3H3,(H2,22,23,24). The minimum atomic E-state index is 0.501. The molecule has 0 spiro atoms. The lowest BCUT2D eigenvalue weighted by Crippen LogP contribution is -2.36. The van der Waals surface area contributed by atoms with E-state index in [0.717, 1.165) is 11.5 Å². The molecular formula is C21H24N4OS. The zero-order chi connectivity index (χ0) is 19.1. The molecule has 3 rings (SSSR count). The Morgan fingerprint density at radius 1 is 0.963 bits per heavy atom. The van der Waals surface area contributed by atoms with Gasteiger partial charge in [0.1, 0.15) is 5.76 Å². The summed E-state index contributed by atoms with van der Waals surface area (Å²) in [5.41, 5.74) is 2.11. The first-order valence-electron chi connectivity index (χ1n) is 8.83. The highest BCUT2D eigenvalue weighted by Gasteiger charge is 2.06. The Bertz CT molecular complexity index is 869. The van der Waals surface area contributed by atoms with Crippen molar-refractivity contribution in [3.05, 3.63) is 77.5 Å². The first-order valence-corrected chi connectivity index (χ1v) is 9.65. The maximum absolute atomic E-state index is 5.58. The van der Waals surface area contributed by atoms with Crippen LogP contribution in [0.1, 0.15) is 22.9 Å². The minimum absolute atomic E-state index is 0.501. The van der Waals surface area contributed by atoms with Crippen molar-refractivity contribution in [2.24, 2.45) is 4.99 Å².